The molecule has 0 aliphatic carbocycles. The van der Waals surface area contributed by atoms with Gasteiger partial charge in [-0.2, -0.15) is 0 Å². The third-order valence-corrected chi connectivity index (χ3v) is 5.43. The minimum atomic E-state index is 0.756. The van der Waals surface area contributed by atoms with Crippen LogP contribution in [-0.2, 0) is 12.8 Å². The van der Waals surface area contributed by atoms with E-state index in [0.717, 1.165) is 51.2 Å². The van der Waals surface area contributed by atoms with Gasteiger partial charge in [0.25, 0.3) is 0 Å². The van der Waals surface area contributed by atoms with E-state index in [-0.39, 0.29) is 0 Å². The van der Waals surface area contributed by atoms with E-state index < -0.39 is 0 Å². The highest BCUT2D eigenvalue weighted by atomic mass is 32.1. The Morgan fingerprint density at radius 1 is 1.19 bits per heavy atom. The maximum atomic E-state index is 4.85. The predicted octanol–water partition coefficient (Wildman–Crippen LogP) is 4.92. The number of hydrogen-bond acceptors (Lipinski definition) is 5. The summed E-state index contributed by atoms with van der Waals surface area (Å²) in [6, 6.07) is 10.4. The van der Waals surface area contributed by atoms with Crippen LogP contribution in [0.1, 0.15) is 28.1 Å². The summed E-state index contributed by atoms with van der Waals surface area (Å²) in [6.07, 6.45) is 5.45. The minimum absolute atomic E-state index is 0.756. The van der Waals surface area contributed by atoms with Crippen molar-refractivity contribution in [2.75, 3.05) is 0 Å². The number of hydrogen-bond donors (Lipinski definition) is 1. The summed E-state index contributed by atoms with van der Waals surface area (Å²) >= 11 is 1.63. The molecule has 1 aliphatic rings. The Balaban J connectivity index is 1.66. The molecule has 0 unspecified atom stereocenters. The molecule has 4 rings (SSSR count). The molecular weight excluding hydrogens is 340 g/mol. The fourth-order valence-electron chi connectivity index (χ4n) is 3.17. The number of aromatic nitrogens is 2. The van der Waals surface area contributed by atoms with Gasteiger partial charge in [-0.1, -0.05) is 43.8 Å². The van der Waals surface area contributed by atoms with Gasteiger partial charge in [0.2, 0.25) is 0 Å². The first-order chi connectivity index (χ1) is 12.7. The first-order valence-electron chi connectivity index (χ1n) is 8.68. The Labute approximate surface area is 157 Å². The molecule has 3 aromatic rings. The number of thiazole rings is 1. The van der Waals surface area contributed by atoms with Crippen LogP contribution in [0.4, 0.5) is 5.69 Å². The van der Waals surface area contributed by atoms with E-state index >= 15 is 0 Å². The highest BCUT2D eigenvalue weighted by molar-refractivity contribution is 7.12. The molecule has 1 N–H and O–H groups in total. The van der Waals surface area contributed by atoms with Gasteiger partial charge in [0.1, 0.15) is 5.84 Å². The average Bonchev–Trinajstić information content (AvgIpc) is 3.27. The largest absolute Gasteiger partial charge is 0.343 e. The second kappa shape index (κ2) is 6.84. The zero-order valence-corrected chi connectivity index (χ0v) is 15.7. The van der Waals surface area contributed by atoms with E-state index in [1.54, 1.807) is 11.3 Å². The number of nitrogens with zero attached hydrogens (tertiary/aromatic N) is 3. The van der Waals surface area contributed by atoms with Crippen LogP contribution in [0, 0.1) is 6.92 Å². The fraction of sp³-hybridized carbons (Fsp3) is 0.190. The van der Waals surface area contributed by atoms with Crippen LogP contribution in [0.5, 0.6) is 0 Å². The molecule has 0 saturated heterocycles. The highest BCUT2D eigenvalue weighted by Gasteiger charge is 2.23. The molecule has 0 fully saturated rings. The number of benzene rings is 1. The molecule has 130 valence electrons. The second-order valence-corrected chi connectivity index (χ2v) is 7.48. The van der Waals surface area contributed by atoms with Crippen LogP contribution in [0.2, 0.25) is 0 Å². The Morgan fingerprint density at radius 3 is 2.69 bits per heavy atom. The van der Waals surface area contributed by atoms with E-state index in [1.165, 1.54) is 11.1 Å². The van der Waals surface area contributed by atoms with Crippen molar-refractivity contribution in [3.63, 3.8) is 0 Å². The van der Waals surface area contributed by atoms with Crippen LogP contribution in [0.25, 0.3) is 16.8 Å². The summed E-state index contributed by atoms with van der Waals surface area (Å²) in [5.74, 6) is 0.913. The van der Waals surface area contributed by atoms with E-state index in [1.807, 2.05) is 25.4 Å². The van der Waals surface area contributed by atoms with Crippen molar-refractivity contribution >= 4 is 28.6 Å². The lowest BCUT2D eigenvalue weighted by Gasteiger charge is -2.10. The van der Waals surface area contributed by atoms with E-state index in [9.17, 15) is 0 Å². The average molecular weight is 360 g/mol. The highest BCUT2D eigenvalue weighted by Crippen LogP contribution is 2.37. The Kier molecular flexibility index (Phi) is 4.39. The number of fused-ring (bicyclic) bond motifs is 1. The van der Waals surface area contributed by atoms with Crippen LogP contribution in [0.15, 0.2) is 54.3 Å². The molecule has 0 spiro atoms. The van der Waals surface area contributed by atoms with Crippen LogP contribution >= 0.6 is 11.3 Å². The summed E-state index contributed by atoms with van der Waals surface area (Å²) in [5, 5.41) is 4.41. The van der Waals surface area contributed by atoms with Crippen LogP contribution < -0.4 is 5.32 Å². The summed E-state index contributed by atoms with van der Waals surface area (Å²) < 4.78 is 0. The SMILES string of the molecule is C=C(NC1=Nc2c(CC)ncc(-c3ccccc3)c2C1)c1cnc(C)s1. The number of amidine groups is 1. The van der Waals surface area contributed by atoms with Gasteiger partial charge < -0.3 is 5.32 Å². The lowest BCUT2D eigenvalue weighted by Crippen LogP contribution is -2.20. The number of nitrogens with one attached hydrogen (secondary N) is 1. The molecule has 26 heavy (non-hydrogen) atoms. The van der Waals surface area contributed by atoms with Gasteiger partial charge in [-0.25, -0.2) is 9.98 Å². The van der Waals surface area contributed by atoms with Gasteiger partial charge in [-0.15, -0.1) is 11.3 Å². The molecule has 5 heteroatoms. The van der Waals surface area contributed by atoms with Crippen molar-refractivity contribution in [3.05, 3.63) is 70.4 Å². The third-order valence-electron chi connectivity index (χ3n) is 4.46. The third kappa shape index (κ3) is 3.06. The number of aliphatic imine (C=N–C) groups is 1. The van der Waals surface area contributed by atoms with Crippen molar-refractivity contribution in [2.45, 2.75) is 26.7 Å². The Hall–Kier alpha value is -2.79. The number of aryl methyl sites for hydroxylation is 2. The lowest BCUT2D eigenvalue weighted by atomic mass is 9.98. The summed E-state index contributed by atoms with van der Waals surface area (Å²) in [5.41, 5.74) is 6.44. The quantitative estimate of drug-likeness (QED) is 0.718. The summed E-state index contributed by atoms with van der Waals surface area (Å²) in [6.45, 7) is 8.26. The van der Waals surface area contributed by atoms with E-state index in [2.05, 4.69) is 53.1 Å². The van der Waals surface area contributed by atoms with Crippen molar-refractivity contribution in [2.24, 2.45) is 4.99 Å². The smallest absolute Gasteiger partial charge is 0.111 e. The molecule has 0 radical (unpaired) electrons. The van der Waals surface area contributed by atoms with Crippen LogP contribution in [0.3, 0.4) is 0 Å². The summed E-state index contributed by atoms with van der Waals surface area (Å²) in [4.78, 5) is 14.8. The number of rotatable bonds is 4. The maximum absolute atomic E-state index is 4.85. The van der Waals surface area contributed by atoms with Crippen molar-refractivity contribution in [3.8, 4) is 11.1 Å². The monoisotopic (exact) mass is 360 g/mol. The van der Waals surface area contributed by atoms with Gasteiger partial charge >= 0.3 is 0 Å². The fourth-order valence-corrected chi connectivity index (χ4v) is 3.87. The van der Waals surface area contributed by atoms with E-state index in [4.69, 9.17) is 4.99 Å². The molecule has 0 amide bonds. The zero-order valence-electron chi connectivity index (χ0n) is 14.9. The first-order valence-corrected chi connectivity index (χ1v) is 9.49. The first kappa shape index (κ1) is 16.7. The standard InChI is InChI=1S/C21H20N4S/c1-4-18-21-16(17(11-23-18)15-8-6-5-7-9-15)10-20(25-21)24-13(2)19-12-22-14(3)26-19/h5-9,11-12H,2,4,10H2,1,3H3,(H,24,25). The molecule has 0 bridgehead atoms. The lowest BCUT2D eigenvalue weighted by molar-refractivity contribution is 1.03. The Morgan fingerprint density at radius 2 is 2.00 bits per heavy atom. The van der Waals surface area contributed by atoms with E-state index in [0.29, 0.717) is 0 Å². The van der Waals surface area contributed by atoms with Crippen molar-refractivity contribution < 1.29 is 0 Å². The van der Waals surface area contributed by atoms with Gasteiger partial charge in [0.05, 0.1) is 27.0 Å². The second-order valence-electron chi connectivity index (χ2n) is 6.25. The normalized spacial score (nSPS) is 12.6. The molecule has 0 atom stereocenters. The van der Waals surface area contributed by atoms with Crippen molar-refractivity contribution in [1.82, 2.24) is 15.3 Å². The molecule has 4 nitrogen and oxygen atoms in total. The van der Waals surface area contributed by atoms with Gasteiger partial charge in [0.15, 0.2) is 0 Å². The predicted molar refractivity (Wildman–Crippen MR) is 109 cm³/mol. The maximum Gasteiger partial charge on any atom is 0.111 e. The molecule has 0 saturated carbocycles. The van der Waals surface area contributed by atoms with Crippen LogP contribution in [-0.4, -0.2) is 15.8 Å². The van der Waals surface area contributed by atoms with Gasteiger partial charge in [0, 0.05) is 24.4 Å². The minimum Gasteiger partial charge on any atom is -0.343 e. The summed E-state index contributed by atoms with van der Waals surface area (Å²) in [7, 11) is 0. The topological polar surface area (TPSA) is 50.2 Å². The zero-order chi connectivity index (χ0) is 18.1. The molecule has 1 aromatic carbocycles. The van der Waals surface area contributed by atoms with Gasteiger partial charge in [-0.05, 0) is 24.5 Å². The number of pyridine rings is 1. The molecular formula is C21H20N4S. The Bertz CT molecular complexity index is 1000. The molecule has 3 heterocycles. The molecule has 1 aliphatic heterocycles. The van der Waals surface area contributed by atoms with Crippen molar-refractivity contribution in [1.29, 1.82) is 0 Å². The molecule has 2 aromatic heterocycles. The van der Waals surface area contributed by atoms with Gasteiger partial charge in [-0.3, -0.25) is 4.98 Å².